The molecule has 90 valence electrons. The Balaban J connectivity index is 2.46. The summed E-state index contributed by atoms with van der Waals surface area (Å²) < 4.78 is 0. The molecule has 1 aromatic carbocycles. The zero-order chi connectivity index (χ0) is 12.6. The maximum Gasteiger partial charge on any atom is 0.250 e. The van der Waals surface area contributed by atoms with E-state index in [1.54, 1.807) is 12.1 Å². The molecule has 1 aliphatic heterocycles. The standard InChI is InChI=1S/C11H10Cl2N2O2/c12-6-1-2-7(13)9(5-6)15-10(16)4-3-8(14)11(15)17/h1-2,5,8H,3-4,14H2. The highest BCUT2D eigenvalue weighted by atomic mass is 35.5. The van der Waals surface area contributed by atoms with Gasteiger partial charge >= 0.3 is 0 Å². The number of nitrogens with two attached hydrogens (primary N) is 1. The number of amides is 2. The Morgan fingerprint density at radius 1 is 1.29 bits per heavy atom. The molecule has 0 aliphatic carbocycles. The second-order valence-corrected chi connectivity index (χ2v) is 4.65. The molecule has 1 heterocycles. The lowest BCUT2D eigenvalue weighted by molar-refractivity contribution is -0.130. The molecule has 0 aromatic heterocycles. The quantitative estimate of drug-likeness (QED) is 0.796. The molecule has 1 fully saturated rings. The summed E-state index contributed by atoms with van der Waals surface area (Å²) in [6.45, 7) is 0. The van der Waals surface area contributed by atoms with Crippen molar-refractivity contribution in [2.45, 2.75) is 18.9 Å². The number of carbonyl (C=O) groups excluding carboxylic acids is 2. The van der Waals surface area contributed by atoms with Crippen LogP contribution < -0.4 is 10.6 Å². The average molecular weight is 273 g/mol. The predicted molar refractivity (Wildman–Crippen MR) is 66.2 cm³/mol. The van der Waals surface area contributed by atoms with E-state index in [1.807, 2.05) is 0 Å². The van der Waals surface area contributed by atoms with Crippen molar-refractivity contribution < 1.29 is 9.59 Å². The van der Waals surface area contributed by atoms with Crippen LogP contribution in [0.5, 0.6) is 0 Å². The maximum absolute atomic E-state index is 11.9. The second kappa shape index (κ2) is 4.64. The van der Waals surface area contributed by atoms with E-state index < -0.39 is 11.9 Å². The summed E-state index contributed by atoms with van der Waals surface area (Å²) in [5, 5.41) is 0.703. The first kappa shape index (κ1) is 12.4. The molecule has 2 rings (SSSR count). The van der Waals surface area contributed by atoms with Crippen molar-refractivity contribution >= 4 is 40.7 Å². The van der Waals surface area contributed by atoms with Gasteiger partial charge in [0.1, 0.15) is 0 Å². The van der Waals surface area contributed by atoms with Crippen LogP contribution in [0.1, 0.15) is 12.8 Å². The first-order chi connectivity index (χ1) is 8.00. The number of imide groups is 1. The van der Waals surface area contributed by atoms with Crippen molar-refractivity contribution in [3.8, 4) is 0 Å². The fraction of sp³-hybridized carbons (Fsp3) is 0.273. The Labute approximate surface area is 108 Å². The molecule has 0 bridgehead atoms. The Morgan fingerprint density at radius 3 is 2.71 bits per heavy atom. The number of benzene rings is 1. The van der Waals surface area contributed by atoms with E-state index in [4.69, 9.17) is 28.9 Å². The number of anilines is 1. The van der Waals surface area contributed by atoms with Gasteiger partial charge in [0, 0.05) is 11.4 Å². The molecular weight excluding hydrogens is 263 g/mol. The average Bonchev–Trinajstić information content (AvgIpc) is 2.29. The highest BCUT2D eigenvalue weighted by molar-refractivity contribution is 6.37. The molecule has 0 radical (unpaired) electrons. The van der Waals surface area contributed by atoms with Crippen molar-refractivity contribution in [3.63, 3.8) is 0 Å². The van der Waals surface area contributed by atoms with Crippen LogP contribution in [0.15, 0.2) is 18.2 Å². The minimum Gasteiger partial charge on any atom is -0.320 e. The molecular formula is C11H10Cl2N2O2. The van der Waals surface area contributed by atoms with Crippen LogP contribution >= 0.6 is 23.2 Å². The van der Waals surface area contributed by atoms with Crippen LogP contribution in [0.3, 0.4) is 0 Å². The third-order valence-corrected chi connectivity index (χ3v) is 3.16. The Kier molecular flexibility index (Phi) is 3.38. The topological polar surface area (TPSA) is 63.4 Å². The molecule has 1 aromatic rings. The van der Waals surface area contributed by atoms with E-state index >= 15 is 0 Å². The summed E-state index contributed by atoms with van der Waals surface area (Å²) in [4.78, 5) is 24.7. The van der Waals surface area contributed by atoms with Crippen LogP contribution in [0.4, 0.5) is 5.69 Å². The third kappa shape index (κ3) is 2.29. The summed E-state index contributed by atoms with van der Waals surface area (Å²) in [6, 6.07) is 3.95. The van der Waals surface area contributed by atoms with Gasteiger partial charge in [-0.05, 0) is 24.6 Å². The Morgan fingerprint density at radius 2 is 2.00 bits per heavy atom. The number of piperidine rings is 1. The van der Waals surface area contributed by atoms with Crippen molar-refractivity contribution in [3.05, 3.63) is 28.2 Å². The van der Waals surface area contributed by atoms with Crippen LogP contribution in [-0.4, -0.2) is 17.9 Å². The summed E-state index contributed by atoms with van der Waals surface area (Å²) in [7, 11) is 0. The van der Waals surface area contributed by atoms with Gasteiger partial charge in [0.2, 0.25) is 5.91 Å². The van der Waals surface area contributed by atoms with Gasteiger partial charge in [0.05, 0.1) is 16.8 Å². The van der Waals surface area contributed by atoms with Gasteiger partial charge < -0.3 is 5.73 Å². The van der Waals surface area contributed by atoms with E-state index in [0.717, 1.165) is 4.90 Å². The van der Waals surface area contributed by atoms with Crippen LogP contribution in [-0.2, 0) is 9.59 Å². The summed E-state index contributed by atoms with van der Waals surface area (Å²) in [5.41, 5.74) is 5.93. The van der Waals surface area contributed by atoms with Gasteiger partial charge in [-0.15, -0.1) is 0 Å². The normalized spacial score (nSPS) is 20.9. The fourth-order valence-electron chi connectivity index (χ4n) is 1.71. The zero-order valence-electron chi connectivity index (χ0n) is 8.82. The van der Waals surface area contributed by atoms with E-state index in [0.29, 0.717) is 22.2 Å². The highest BCUT2D eigenvalue weighted by Gasteiger charge is 2.34. The SMILES string of the molecule is NC1CCC(=O)N(c2cc(Cl)ccc2Cl)C1=O. The fourth-order valence-corrected chi connectivity index (χ4v) is 2.08. The Hall–Kier alpha value is -1.10. The molecule has 1 saturated heterocycles. The van der Waals surface area contributed by atoms with E-state index in [1.165, 1.54) is 6.07 Å². The van der Waals surface area contributed by atoms with Crippen molar-refractivity contribution in [1.82, 2.24) is 0 Å². The monoisotopic (exact) mass is 272 g/mol. The number of carbonyl (C=O) groups is 2. The largest absolute Gasteiger partial charge is 0.320 e. The molecule has 6 heteroatoms. The number of hydrogen-bond donors (Lipinski definition) is 1. The molecule has 0 saturated carbocycles. The molecule has 2 N–H and O–H groups in total. The van der Waals surface area contributed by atoms with Gasteiger partial charge in [0.15, 0.2) is 0 Å². The van der Waals surface area contributed by atoms with Gasteiger partial charge in [-0.1, -0.05) is 23.2 Å². The number of hydrogen-bond acceptors (Lipinski definition) is 3. The van der Waals surface area contributed by atoms with E-state index in [-0.39, 0.29) is 12.3 Å². The molecule has 1 atom stereocenters. The van der Waals surface area contributed by atoms with Crippen LogP contribution in [0.25, 0.3) is 0 Å². The predicted octanol–water partition coefficient (Wildman–Crippen LogP) is 1.97. The molecule has 1 unspecified atom stereocenters. The van der Waals surface area contributed by atoms with Crippen molar-refractivity contribution in [2.24, 2.45) is 5.73 Å². The summed E-state index contributed by atoms with van der Waals surface area (Å²) >= 11 is 11.8. The maximum atomic E-state index is 11.9. The summed E-state index contributed by atoms with van der Waals surface area (Å²) in [5.74, 6) is -0.744. The van der Waals surface area contributed by atoms with Crippen LogP contribution in [0, 0.1) is 0 Å². The third-order valence-electron chi connectivity index (χ3n) is 2.61. The van der Waals surface area contributed by atoms with Gasteiger partial charge in [-0.2, -0.15) is 0 Å². The second-order valence-electron chi connectivity index (χ2n) is 3.81. The van der Waals surface area contributed by atoms with Gasteiger partial charge in [-0.25, -0.2) is 4.90 Å². The molecule has 4 nitrogen and oxygen atoms in total. The first-order valence-corrected chi connectivity index (χ1v) is 5.83. The minimum absolute atomic E-state index is 0.232. The molecule has 0 spiro atoms. The summed E-state index contributed by atoms with van der Waals surface area (Å²) in [6.07, 6.45) is 0.599. The lowest BCUT2D eigenvalue weighted by Gasteiger charge is -2.29. The lowest BCUT2D eigenvalue weighted by Crippen LogP contribution is -2.51. The van der Waals surface area contributed by atoms with E-state index in [2.05, 4.69) is 0 Å². The smallest absolute Gasteiger partial charge is 0.250 e. The Bertz CT molecular complexity index is 490. The van der Waals surface area contributed by atoms with Crippen molar-refractivity contribution in [1.29, 1.82) is 0 Å². The zero-order valence-corrected chi connectivity index (χ0v) is 10.3. The number of nitrogens with zero attached hydrogens (tertiary/aromatic N) is 1. The van der Waals surface area contributed by atoms with Gasteiger partial charge in [-0.3, -0.25) is 9.59 Å². The molecule has 2 amide bonds. The first-order valence-electron chi connectivity index (χ1n) is 5.08. The number of rotatable bonds is 1. The number of halogens is 2. The van der Waals surface area contributed by atoms with Crippen LogP contribution in [0.2, 0.25) is 10.0 Å². The molecule has 1 aliphatic rings. The van der Waals surface area contributed by atoms with E-state index in [9.17, 15) is 9.59 Å². The highest BCUT2D eigenvalue weighted by Crippen LogP contribution is 2.31. The minimum atomic E-state index is -0.664. The van der Waals surface area contributed by atoms with Crippen molar-refractivity contribution in [2.75, 3.05) is 4.90 Å². The lowest BCUT2D eigenvalue weighted by atomic mass is 10.0. The van der Waals surface area contributed by atoms with Gasteiger partial charge in [0.25, 0.3) is 5.91 Å². The molecule has 17 heavy (non-hydrogen) atoms.